The number of sulfonamides is 1. The Labute approximate surface area is 127 Å². The molecule has 0 aliphatic rings. The Morgan fingerprint density at radius 3 is 2.52 bits per heavy atom. The first-order chi connectivity index (χ1) is 9.85. The third kappa shape index (κ3) is 4.78. The lowest BCUT2D eigenvalue weighted by Gasteiger charge is -2.19. The summed E-state index contributed by atoms with van der Waals surface area (Å²) in [6.07, 6.45) is 1.62. The molecule has 1 aromatic carbocycles. The zero-order valence-electron chi connectivity index (χ0n) is 13.3. The van der Waals surface area contributed by atoms with E-state index in [4.69, 9.17) is 10.5 Å². The van der Waals surface area contributed by atoms with Crippen LogP contribution in [0.4, 0.5) is 0 Å². The Kier molecular flexibility index (Phi) is 6.80. The third-order valence-electron chi connectivity index (χ3n) is 3.53. The molecule has 0 heterocycles. The molecule has 1 rings (SSSR count). The number of aryl methyl sites for hydroxylation is 1. The molecule has 1 atom stereocenters. The Balaban J connectivity index is 3.14. The van der Waals surface area contributed by atoms with Gasteiger partial charge in [-0.15, -0.1) is 0 Å². The van der Waals surface area contributed by atoms with Gasteiger partial charge in [0.1, 0.15) is 0 Å². The minimum Gasteiger partial charge on any atom is -0.383 e. The molecule has 0 bridgehead atoms. The van der Waals surface area contributed by atoms with Crippen molar-refractivity contribution < 1.29 is 13.2 Å². The maximum atomic E-state index is 12.6. The van der Waals surface area contributed by atoms with Crippen LogP contribution >= 0.6 is 0 Å². The van der Waals surface area contributed by atoms with Gasteiger partial charge in [0.15, 0.2) is 0 Å². The highest BCUT2D eigenvalue weighted by molar-refractivity contribution is 7.89. The summed E-state index contributed by atoms with van der Waals surface area (Å²) in [5, 5.41) is 0. The number of benzene rings is 1. The van der Waals surface area contributed by atoms with Crippen LogP contribution in [0.3, 0.4) is 0 Å². The minimum atomic E-state index is -3.58. The maximum Gasteiger partial charge on any atom is 0.241 e. The summed E-state index contributed by atoms with van der Waals surface area (Å²) in [7, 11) is -2.00. The summed E-state index contributed by atoms with van der Waals surface area (Å²) in [6, 6.07) is 3.36. The zero-order valence-corrected chi connectivity index (χ0v) is 14.1. The van der Waals surface area contributed by atoms with Crippen molar-refractivity contribution in [2.24, 2.45) is 5.73 Å². The number of methoxy groups -OCH3 is 1. The highest BCUT2D eigenvalue weighted by Crippen LogP contribution is 2.21. The molecule has 120 valence electrons. The van der Waals surface area contributed by atoms with Gasteiger partial charge < -0.3 is 10.5 Å². The molecule has 1 unspecified atom stereocenters. The van der Waals surface area contributed by atoms with E-state index in [2.05, 4.69) is 4.72 Å². The first kappa shape index (κ1) is 18.1. The van der Waals surface area contributed by atoms with Crippen LogP contribution in [-0.4, -0.2) is 28.2 Å². The minimum absolute atomic E-state index is 0.216. The van der Waals surface area contributed by atoms with Gasteiger partial charge in [-0.2, -0.15) is 0 Å². The van der Waals surface area contributed by atoms with Crippen LogP contribution in [0.25, 0.3) is 0 Å². The van der Waals surface area contributed by atoms with Crippen LogP contribution in [0.15, 0.2) is 17.0 Å². The predicted molar refractivity (Wildman–Crippen MR) is 84.7 cm³/mol. The number of nitrogens with two attached hydrogens (primary N) is 1. The molecule has 5 nitrogen and oxygen atoms in total. The lowest BCUT2D eigenvalue weighted by molar-refractivity contribution is 0.171. The number of hydrogen-bond donors (Lipinski definition) is 2. The van der Waals surface area contributed by atoms with Crippen LogP contribution in [0, 0.1) is 13.8 Å². The highest BCUT2D eigenvalue weighted by atomic mass is 32.2. The fourth-order valence-corrected chi connectivity index (χ4v) is 3.93. The zero-order chi connectivity index (χ0) is 16.0. The van der Waals surface area contributed by atoms with E-state index in [0.29, 0.717) is 18.0 Å². The Morgan fingerprint density at radius 2 is 2.00 bits per heavy atom. The van der Waals surface area contributed by atoms with Crippen molar-refractivity contribution in [1.82, 2.24) is 4.72 Å². The quantitative estimate of drug-likeness (QED) is 0.767. The van der Waals surface area contributed by atoms with Crippen molar-refractivity contribution >= 4 is 10.0 Å². The number of hydrogen-bond acceptors (Lipinski definition) is 4. The molecule has 0 saturated carbocycles. The van der Waals surface area contributed by atoms with E-state index in [0.717, 1.165) is 29.5 Å². The van der Waals surface area contributed by atoms with E-state index < -0.39 is 10.0 Å². The molecule has 3 N–H and O–H groups in total. The molecule has 0 aromatic heterocycles. The smallest absolute Gasteiger partial charge is 0.241 e. The van der Waals surface area contributed by atoms with Crippen molar-refractivity contribution in [1.29, 1.82) is 0 Å². The van der Waals surface area contributed by atoms with Gasteiger partial charge in [0.2, 0.25) is 10.0 Å². The second-order valence-corrected chi connectivity index (χ2v) is 6.98. The average Bonchev–Trinajstić information content (AvgIpc) is 2.41. The van der Waals surface area contributed by atoms with Gasteiger partial charge in [-0.1, -0.05) is 19.4 Å². The van der Waals surface area contributed by atoms with E-state index in [1.807, 2.05) is 26.8 Å². The summed E-state index contributed by atoms with van der Waals surface area (Å²) in [5.74, 6) is 0. The average molecular weight is 314 g/mol. The van der Waals surface area contributed by atoms with Gasteiger partial charge in [-0.3, -0.25) is 0 Å². The van der Waals surface area contributed by atoms with E-state index in [-0.39, 0.29) is 6.04 Å². The Bertz CT molecular complexity index is 565. The van der Waals surface area contributed by atoms with Crippen LogP contribution in [0.1, 0.15) is 36.5 Å². The molecule has 0 amide bonds. The fourth-order valence-electron chi connectivity index (χ4n) is 2.30. The van der Waals surface area contributed by atoms with E-state index in [1.54, 1.807) is 13.2 Å². The molecular formula is C15H26N2O3S. The van der Waals surface area contributed by atoms with Gasteiger partial charge in [-0.05, 0) is 43.0 Å². The van der Waals surface area contributed by atoms with Gasteiger partial charge in [0.05, 0.1) is 11.5 Å². The van der Waals surface area contributed by atoms with Crippen LogP contribution < -0.4 is 10.5 Å². The lowest BCUT2D eigenvalue weighted by Crippen LogP contribution is -2.38. The second kappa shape index (κ2) is 7.89. The summed E-state index contributed by atoms with van der Waals surface area (Å²) in [4.78, 5) is 0.306. The molecule has 1 aromatic rings. The summed E-state index contributed by atoms with van der Waals surface area (Å²) < 4.78 is 33.1. The lowest BCUT2D eigenvalue weighted by atomic mass is 10.1. The van der Waals surface area contributed by atoms with Crippen molar-refractivity contribution in [2.45, 2.75) is 51.1 Å². The van der Waals surface area contributed by atoms with Crippen molar-refractivity contribution in [3.8, 4) is 0 Å². The molecule has 0 spiro atoms. The molecule has 21 heavy (non-hydrogen) atoms. The molecule has 0 fully saturated rings. The molecule has 0 aliphatic carbocycles. The molecular weight excluding hydrogens is 288 g/mol. The topological polar surface area (TPSA) is 81.4 Å². The number of ether oxygens (including phenoxy) is 1. The van der Waals surface area contributed by atoms with E-state index in [1.165, 1.54) is 0 Å². The SMILES string of the molecule is CCCC(COC)NS(=O)(=O)c1cc(CN)cc(C)c1C. The highest BCUT2D eigenvalue weighted by Gasteiger charge is 2.22. The predicted octanol–water partition coefficient (Wildman–Crippen LogP) is 1.86. The van der Waals surface area contributed by atoms with Gasteiger partial charge in [-0.25, -0.2) is 13.1 Å². The van der Waals surface area contributed by atoms with Crippen LogP contribution in [-0.2, 0) is 21.3 Å². The van der Waals surface area contributed by atoms with Crippen molar-refractivity contribution in [3.05, 3.63) is 28.8 Å². The molecule has 0 aliphatic heterocycles. The molecule has 0 saturated heterocycles. The van der Waals surface area contributed by atoms with E-state index >= 15 is 0 Å². The van der Waals surface area contributed by atoms with Gasteiger partial charge >= 0.3 is 0 Å². The number of nitrogens with one attached hydrogen (secondary N) is 1. The van der Waals surface area contributed by atoms with Crippen molar-refractivity contribution in [3.63, 3.8) is 0 Å². The third-order valence-corrected chi connectivity index (χ3v) is 5.18. The van der Waals surface area contributed by atoms with Crippen LogP contribution in [0.5, 0.6) is 0 Å². The van der Waals surface area contributed by atoms with Gasteiger partial charge in [0.25, 0.3) is 0 Å². The van der Waals surface area contributed by atoms with E-state index in [9.17, 15) is 8.42 Å². The first-order valence-corrected chi connectivity index (χ1v) is 8.65. The van der Waals surface area contributed by atoms with Crippen LogP contribution in [0.2, 0.25) is 0 Å². The fraction of sp³-hybridized carbons (Fsp3) is 0.600. The number of rotatable bonds is 8. The summed E-state index contributed by atoms with van der Waals surface area (Å²) in [5.41, 5.74) is 8.14. The van der Waals surface area contributed by atoms with Crippen molar-refractivity contribution in [2.75, 3.05) is 13.7 Å². The molecule has 0 radical (unpaired) electrons. The second-order valence-electron chi connectivity index (χ2n) is 5.30. The largest absolute Gasteiger partial charge is 0.383 e. The Hall–Kier alpha value is -0.950. The maximum absolute atomic E-state index is 12.6. The first-order valence-electron chi connectivity index (χ1n) is 7.17. The summed E-state index contributed by atoms with van der Waals surface area (Å²) >= 11 is 0. The monoisotopic (exact) mass is 314 g/mol. The van der Waals surface area contributed by atoms with Gasteiger partial charge in [0, 0.05) is 19.7 Å². The Morgan fingerprint density at radius 1 is 1.33 bits per heavy atom. The standard InChI is InChI=1S/C15H26N2O3S/c1-5-6-14(10-20-4)17-21(18,19)15-8-13(9-16)7-11(2)12(15)3/h7-8,14,17H,5-6,9-10,16H2,1-4H3. The summed E-state index contributed by atoms with van der Waals surface area (Å²) in [6.45, 7) is 6.41. The normalized spacial score (nSPS) is 13.4. The molecule has 6 heteroatoms.